The van der Waals surface area contributed by atoms with Crippen molar-refractivity contribution in [3.8, 4) is 12.3 Å². The Morgan fingerprint density at radius 2 is 2.10 bits per heavy atom. The summed E-state index contributed by atoms with van der Waals surface area (Å²) in [5, 5.41) is 0. The van der Waals surface area contributed by atoms with Gasteiger partial charge in [-0.15, -0.1) is 6.42 Å². The van der Waals surface area contributed by atoms with Crippen molar-refractivity contribution in [2.24, 2.45) is 17.3 Å². The van der Waals surface area contributed by atoms with Crippen LogP contribution in [0.2, 0.25) is 0 Å². The maximum absolute atomic E-state index is 13.7. The molecule has 0 amide bonds. The van der Waals surface area contributed by atoms with Crippen LogP contribution >= 0.6 is 0 Å². The first-order valence-electron chi connectivity index (χ1n) is 6.98. The summed E-state index contributed by atoms with van der Waals surface area (Å²) in [6.45, 7) is 7.16. The third-order valence-electron chi connectivity index (χ3n) is 3.76. The van der Waals surface area contributed by atoms with Crippen LogP contribution < -0.4 is 0 Å². The summed E-state index contributed by atoms with van der Waals surface area (Å²) in [7, 11) is 0. The number of alkyl halides is 1. The standard InChI is InChI=1S/C17H22F2O2/c1-6-14(13(19)8-7-9-18)21-16(20)15-12(10-11(2)3)17(15,4)5/h1,8,10,12,14-15H,7,9H2,2-5H3/b13-8-. The second kappa shape index (κ2) is 6.89. The molecule has 1 saturated carbocycles. The molecule has 2 nitrogen and oxygen atoms in total. The van der Waals surface area contributed by atoms with E-state index in [-0.39, 0.29) is 23.7 Å². The highest BCUT2D eigenvalue weighted by molar-refractivity contribution is 5.79. The Bertz CT molecular complexity index is 493. The lowest BCUT2D eigenvalue weighted by Gasteiger charge is -2.11. The predicted octanol–water partition coefficient (Wildman–Crippen LogP) is 3.98. The first-order valence-corrected chi connectivity index (χ1v) is 6.98. The lowest BCUT2D eigenvalue weighted by molar-refractivity contribution is -0.148. The summed E-state index contributed by atoms with van der Waals surface area (Å²) in [5.74, 6) is 0.540. The van der Waals surface area contributed by atoms with E-state index in [2.05, 4.69) is 5.92 Å². The van der Waals surface area contributed by atoms with Gasteiger partial charge in [-0.2, -0.15) is 0 Å². The van der Waals surface area contributed by atoms with Crippen molar-refractivity contribution in [2.75, 3.05) is 6.67 Å². The Balaban J connectivity index is 2.73. The van der Waals surface area contributed by atoms with Gasteiger partial charge in [0, 0.05) is 0 Å². The quantitative estimate of drug-likeness (QED) is 0.421. The predicted molar refractivity (Wildman–Crippen MR) is 78.7 cm³/mol. The zero-order valence-electron chi connectivity index (χ0n) is 13.0. The highest BCUT2D eigenvalue weighted by Crippen LogP contribution is 2.59. The molecule has 116 valence electrons. The number of carbonyl (C=O) groups is 1. The van der Waals surface area contributed by atoms with Gasteiger partial charge < -0.3 is 4.74 Å². The fraction of sp³-hybridized carbons (Fsp3) is 0.588. The molecular weight excluding hydrogens is 274 g/mol. The molecule has 0 bridgehead atoms. The SMILES string of the molecule is C#CC(OC(=O)C1C(C=C(C)C)C1(C)C)/C(F)=C/CCF. The highest BCUT2D eigenvalue weighted by atomic mass is 19.1. The summed E-state index contributed by atoms with van der Waals surface area (Å²) >= 11 is 0. The molecule has 0 heterocycles. The number of rotatable bonds is 6. The van der Waals surface area contributed by atoms with Crippen LogP contribution in [0.5, 0.6) is 0 Å². The van der Waals surface area contributed by atoms with Gasteiger partial charge >= 0.3 is 5.97 Å². The average molecular weight is 296 g/mol. The number of esters is 1. The summed E-state index contributed by atoms with van der Waals surface area (Å²) in [4.78, 5) is 12.1. The van der Waals surface area contributed by atoms with Gasteiger partial charge in [-0.3, -0.25) is 9.18 Å². The van der Waals surface area contributed by atoms with E-state index in [1.165, 1.54) is 0 Å². The molecule has 3 atom stereocenters. The summed E-state index contributed by atoms with van der Waals surface area (Å²) in [6, 6.07) is 0. The van der Waals surface area contributed by atoms with Gasteiger partial charge in [-0.1, -0.05) is 31.4 Å². The minimum Gasteiger partial charge on any atom is -0.441 e. The maximum atomic E-state index is 13.7. The minimum atomic E-state index is -1.37. The topological polar surface area (TPSA) is 26.3 Å². The van der Waals surface area contributed by atoms with Gasteiger partial charge in [-0.25, -0.2) is 4.39 Å². The van der Waals surface area contributed by atoms with Crippen LogP contribution in [-0.4, -0.2) is 18.7 Å². The van der Waals surface area contributed by atoms with Crippen molar-refractivity contribution in [3.63, 3.8) is 0 Å². The lowest BCUT2D eigenvalue weighted by Crippen LogP contribution is -2.20. The number of terminal acetylenes is 1. The molecule has 0 aromatic heterocycles. The van der Waals surface area contributed by atoms with Crippen LogP contribution in [0.4, 0.5) is 8.78 Å². The van der Waals surface area contributed by atoms with Crippen LogP contribution in [0, 0.1) is 29.6 Å². The van der Waals surface area contributed by atoms with Crippen LogP contribution in [0.25, 0.3) is 0 Å². The number of allylic oxidation sites excluding steroid dienone is 3. The highest BCUT2D eigenvalue weighted by Gasteiger charge is 2.61. The molecule has 0 N–H and O–H groups in total. The molecule has 0 saturated heterocycles. The Morgan fingerprint density at radius 3 is 2.57 bits per heavy atom. The first kappa shape index (κ1) is 17.4. The van der Waals surface area contributed by atoms with E-state index in [0.29, 0.717) is 0 Å². The van der Waals surface area contributed by atoms with Crippen LogP contribution in [0.1, 0.15) is 34.1 Å². The molecule has 0 aromatic rings. The molecule has 1 aliphatic rings. The zero-order chi connectivity index (χ0) is 16.2. The Kier molecular flexibility index (Phi) is 5.71. The van der Waals surface area contributed by atoms with Crippen molar-refractivity contribution in [1.29, 1.82) is 0 Å². The molecular formula is C17H22F2O2. The molecule has 1 aliphatic carbocycles. The van der Waals surface area contributed by atoms with Crippen molar-refractivity contribution < 1.29 is 18.3 Å². The Morgan fingerprint density at radius 1 is 1.48 bits per heavy atom. The van der Waals surface area contributed by atoms with Crippen molar-refractivity contribution in [1.82, 2.24) is 0 Å². The van der Waals surface area contributed by atoms with E-state index in [0.717, 1.165) is 11.6 Å². The Hall–Kier alpha value is -1.63. The van der Waals surface area contributed by atoms with Crippen LogP contribution in [0.15, 0.2) is 23.6 Å². The van der Waals surface area contributed by atoms with E-state index in [9.17, 15) is 13.6 Å². The molecule has 0 spiro atoms. The van der Waals surface area contributed by atoms with Gasteiger partial charge in [0.05, 0.1) is 12.6 Å². The third-order valence-corrected chi connectivity index (χ3v) is 3.76. The molecule has 1 fully saturated rings. The number of hydrogen-bond donors (Lipinski definition) is 0. The van der Waals surface area contributed by atoms with Crippen molar-refractivity contribution in [2.45, 2.75) is 40.2 Å². The lowest BCUT2D eigenvalue weighted by atomic mass is 10.1. The van der Waals surface area contributed by atoms with E-state index >= 15 is 0 Å². The molecule has 4 heteroatoms. The average Bonchev–Trinajstić information content (AvgIpc) is 2.93. The molecule has 0 aliphatic heterocycles. The summed E-state index contributed by atoms with van der Waals surface area (Å²) in [6.07, 6.45) is 6.77. The minimum absolute atomic E-state index is 0.0753. The molecule has 1 rings (SSSR count). The van der Waals surface area contributed by atoms with Gasteiger partial charge in [0.25, 0.3) is 0 Å². The summed E-state index contributed by atoms with van der Waals surface area (Å²) in [5.41, 5.74) is 0.901. The van der Waals surface area contributed by atoms with Gasteiger partial charge in [-0.05, 0) is 37.7 Å². The Labute approximate surface area is 125 Å². The molecule has 3 unspecified atom stereocenters. The fourth-order valence-electron chi connectivity index (χ4n) is 2.46. The first-order chi connectivity index (χ1) is 9.75. The number of carbonyl (C=O) groups excluding carboxylic acids is 1. The normalized spacial score (nSPS) is 24.7. The van der Waals surface area contributed by atoms with E-state index < -0.39 is 24.6 Å². The molecule has 0 aromatic carbocycles. The van der Waals surface area contributed by atoms with Gasteiger partial charge in [0.15, 0.2) is 0 Å². The van der Waals surface area contributed by atoms with Crippen LogP contribution in [-0.2, 0) is 9.53 Å². The third kappa shape index (κ3) is 4.17. The molecule has 0 radical (unpaired) electrons. The fourth-order valence-corrected chi connectivity index (χ4v) is 2.46. The van der Waals surface area contributed by atoms with Gasteiger partial charge in [0.1, 0.15) is 5.83 Å². The zero-order valence-corrected chi connectivity index (χ0v) is 13.0. The molecule has 21 heavy (non-hydrogen) atoms. The number of hydrogen-bond acceptors (Lipinski definition) is 2. The number of ether oxygens (including phenoxy) is 1. The van der Waals surface area contributed by atoms with E-state index in [1.54, 1.807) is 0 Å². The number of halogens is 2. The summed E-state index contributed by atoms with van der Waals surface area (Å²) < 4.78 is 30.7. The maximum Gasteiger partial charge on any atom is 0.311 e. The smallest absolute Gasteiger partial charge is 0.311 e. The van der Waals surface area contributed by atoms with E-state index in [4.69, 9.17) is 11.2 Å². The largest absolute Gasteiger partial charge is 0.441 e. The monoisotopic (exact) mass is 296 g/mol. The van der Waals surface area contributed by atoms with E-state index in [1.807, 2.05) is 33.8 Å². The second-order valence-electron chi connectivity index (χ2n) is 6.12. The van der Waals surface area contributed by atoms with Crippen molar-refractivity contribution >= 4 is 5.97 Å². The van der Waals surface area contributed by atoms with Crippen molar-refractivity contribution in [3.05, 3.63) is 23.6 Å². The van der Waals surface area contributed by atoms with Crippen LogP contribution in [0.3, 0.4) is 0 Å². The van der Waals surface area contributed by atoms with Gasteiger partial charge in [0.2, 0.25) is 6.10 Å². The second-order valence-corrected chi connectivity index (χ2v) is 6.12.